The molecular weight excluding hydrogens is 466 g/mol. The van der Waals surface area contributed by atoms with Crippen LogP contribution in [0.4, 0.5) is 0 Å². The summed E-state index contributed by atoms with van der Waals surface area (Å²) < 4.78 is 19.1. The molecule has 8 nitrogen and oxygen atoms in total. The van der Waals surface area contributed by atoms with E-state index in [1.54, 1.807) is 50.1 Å². The van der Waals surface area contributed by atoms with Crippen LogP contribution in [-0.4, -0.2) is 35.8 Å². The molecule has 0 saturated carbocycles. The molecule has 1 atom stereocenters. The maximum absolute atomic E-state index is 13.7. The van der Waals surface area contributed by atoms with Crippen molar-refractivity contribution >= 4 is 23.4 Å². The normalized spacial score (nSPS) is 15.4. The predicted octanol–water partition coefficient (Wildman–Crippen LogP) is 2.99. The molecular formula is C26H27N3O5S. The van der Waals surface area contributed by atoms with Gasteiger partial charge >= 0.3 is 5.97 Å². The van der Waals surface area contributed by atoms with Crippen molar-refractivity contribution < 1.29 is 19.0 Å². The molecule has 1 aliphatic rings. The molecule has 0 aliphatic carbocycles. The minimum atomic E-state index is -0.789. The summed E-state index contributed by atoms with van der Waals surface area (Å²) in [5.41, 5.74) is 1.95. The number of nitrogens with zero attached hydrogens (tertiary/aromatic N) is 3. The number of ether oxygens (including phenoxy) is 3. The highest BCUT2D eigenvalue weighted by Gasteiger charge is 2.35. The van der Waals surface area contributed by atoms with E-state index in [-0.39, 0.29) is 12.2 Å². The minimum absolute atomic E-state index is 0.199. The molecule has 4 rings (SSSR count). The van der Waals surface area contributed by atoms with E-state index >= 15 is 0 Å². The number of esters is 1. The molecule has 1 aliphatic heterocycles. The van der Waals surface area contributed by atoms with Gasteiger partial charge in [0.05, 0.1) is 36.1 Å². The van der Waals surface area contributed by atoms with Gasteiger partial charge in [0.25, 0.3) is 5.56 Å². The Hall–Kier alpha value is -3.72. The SMILES string of the molecule is CCCOc1c(OC)cccc1C1C(C(=O)OCC)=C(C)N=c2s/c(=C/c3cccnc3)c(=O)n21. The maximum Gasteiger partial charge on any atom is 0.338 e. The van der Waals surface area contributed by atoms with E-state index < -0.39 is 12.0 Å². The van der Waals surface area contributed by atoms with Crippen LogP contribution >= 0.6 is 11.3 Å². The molecule has 0 N–H and O–H groups in total. The highest BCUT2D eigenvalue weighted by Crippen LogP contribution is 2.40. The number of thiazole rings is 1. The van der Waals surface area contributed by atoms with Crippen molar-refractivity contribution in [3.63, 3.8) is 0 Å². The topological polar surface area (TPSA) is 92.0 Å². The minimum Gasteiger partial charge on any atom is -0.493 e. The number of fused-ring (bicyclic) bond motifs is 1. The molecule has 0 fully saturated rings. The number of methoxy groups -OCH3 is 1. The molecule has 0 radical (unpaired) electrons. The van der Waals surface area contributed by atoms with Crippen LogP contribution in [0.15, 0.2) is 63.8 Å². The maximum atomic E-state index is 13.7. The Kier molecular flexibility index (Phi) is 7.45. The third-order valence-corrected chi connectivity index (χ3v) is 6.46. The molecule has 0 bridgehead atoms. The van der Waals surface area contributed by atoms with Crippen molar-refractivity contribution in [2.75, 3.05) is 20.3 Å². The number of carbonyl (C=O) groups is 1. The number of allylic oxidation sites excluding steroid dienone is 1. The van der Waals surface area contributed by atoms with Gasteiger partial charge in [-0.25, -0.2) is 9.79 Å². The van der Waals surface area contributed by atoms with E-state index in [0.29, 0.717) is 44.3 Å². The summed E-state index contributed by atoms with van der Waals surface area (Å²) in [7, 11) is 1.56. The lowest BCUT2D eigenvalue weighted by atomic mass is 9.94. The van der Waals surface area contributed by atoms with Crippen LogP contribution in [0.5, 0.6) is 11.5 Å². The Morgan fingerprint density at radius 1 is 1.23 bits per heavy atom. The first-order chi connectivity index (χ1) is 17.0. The fourth-order valence-corrected chi connectivity index (χ4v) is 5.01. The lowest BCUT2D eigenvalue weighted by Crippen LogP contribution is -2.40. The van der Waals surface area contributed by atoms with Gasteiger partial charge in [-0.15, -0.1) is 0 Å². The first kappa shape index (κ1) is 24.4. The number of hydrogen-bond acceptors (Lipinski definition) is 8. The Morgan fingerprint density at radius 2 is 2.06 bits per heavy atom. The summed E-state index contributed by atoms with van der Waals surface area (Å²) in [6, 6.07) is 8.34. The third kappa shape index (κ3) is 4.77. The second-order valence-electron chi connectivity index (χ2n) is 7.82. The fourth-order valence-electron chi connectivity index (χ4n) is 3.97. The van der Waals surface area contributed by atoms with E-state index in [1.165, 1.54) is 11.3 Å². The molecule has 2 aromatic heterocycles. The van der Waals surface area contributed by atoms with Crippen molar-refractivity contribution in [2.24, 2.45) is 4.99 Å². The van der Waals surface area contributed by atoms with Crippen LogP contribution in [0, 0.1) is 0 Å². The first-order valence-electron chi connectivity index (χ1n) is 11.4. The van der Waals surface area contributed by atoms with Crippen LogP contribution in [0.25, 0.3) is 6.08 Å². The molecule has 3 aromatic rings. The van der Waals surface area contributed by atoms with Gasteiger partial charge in [-0.3, -0.25) is 14.3 Å². The molecule has 0 amide bonds. The van der Waals surface area contributed by atoms with E-state index in [0.717, 1.165) is 12.0 Å². The van der Waals surface area contributed by atoms with Gasteiger partial charge in [-0.05, 0) is 44.0 Å². The van der Waals surface area contributed by atoms with Crippen LogP contribution in [0.2, 0.25) is 0 Å². The molecule has 0 saturated heterocycles. The zero-order chi connectivity index (χ0) is 24.9. The summed E-state index contributed by atoms with van der Waals surface area (Å²) in [5, 5.41) is 0. The van der Waals surface area contributed by atoms with Crippen LogP contribution in [-0.2, 0) is 9.53 Å². The summed E-state index contributed by atoms with van der Waals surface area (Å²) >= 11 is 1.26. The lowest BCUT2D eigenvalue weighted by Gasteiger charge is -2.27. The van der Waals surface area contributed by atoms with Gasteiger partial charge in [-0.1, -0.05) is 36.5 Å². The van der Waals surface area contributed by atoms with Gasteiger partial charge in [0.1, 0.15) is 6.04 Å². The highest BCUT2D eigenvalue weighted by molar-refractivity contribution is 7.07. The molecule has 3 heterocycles. The number of aromatic nitrogens is 2. The predicted molar refractivity (Wildman–Crippen MR) is 133 cm³/mol. The van der Waals surface area contributed by atoms with E-state index in [1.807, 2.05) is 31.2 Å². The third-order valence-electron chi connectivity index (χ3n) is 5.47. The van der Waals surface area contributed by atoms with Crippen LogP contribution in [0.1, 0.15) is 44.4 Å². The van der Waals surface area contributed by atoms with Gasteiger partial charge in [0, 0.05) is 18.0 Å². The molecule has 0 spiro atoms. The zero-order valence-corrected chi connectivity index (χ0v) is 20.9. The Morgan fingerprint density at radius 3 is 2.74 bits per heavy atom. The Bertz CT molecular complexity index is 1440. The molecule has 182 valence electrons. The summed E-state index contributed by atoms with van der Waals surface area (Å²) in [6.45, 7) is 6.15. The number of carbonyl (C=O) groups excluding carboxylic acids is 1. The number of pyridine rings is 1. The van der Waals surface area contributed by atoms with Crippen molar-refractivity contribution in [2.45, 2.75) is 33.2 Å². The lowest BCUT2D eigenvalue weighted by molar-refractivity contribution is -0.139. The molecule has 1 aromatic carbocycles. The summed E-state index contributed by atoms with van der Waals surface area (Å²) in [6.07, 6.45) is 5.92. The highest BCUT2D eigenvalue weighted by atomic mass is 32.1. The largest absolute Gasteiger partial charge is 0.493 e. The van der Waals surface area contributed by atoms with Crippen molar-refractivity contribution in [3.8, 4) is 11.5 Å². The van der Waals surface area contributed by atoms with E-state index in [2.05, 4.69) is 9.98 Å². The van der Waals surface area contributed by atoms with Crippen LogP contribution in [0.3, 0.4) is 0 Å². The first-order valence-corrected chi connectivity index (χ1v) is 12.2. The second-order valence-corrected chi connectivity index (χ2v) is 8.82. The monoisotopic (exact) mass is 493 g/mol. The summed E-state index contributed by atoms with van der Waals surface area (Å²) in [5.74, 6) is 0.482. The second kappa shape index (κ2) is 10.7. The standard InChI is InChI=1S/C26H27N3O5S/c1-5-13-34-23-18(10-7-11-19(23)32-4)22-21(25(31)33-6-2)16(3)28-26-29(22)24(30)20(35-26)14-17-9-8-12-27-15-17/h7-12,14-15,22H,5-6,13H2,1-4H3/b20-14+. The number of hydrogen-bond donors (Lipinski definition) is 0. The smallest absolute Gasteiger partial charge is 0.338 e. The quantitative estimate of drug-likeness (QED) is 0.448. The molecule has 35 heavy (non-hydrogen) atoms. The average molecular weight is 494 g/mol. The van der Waals surface area contributed by atoms with Gasteiger partial charge in [0.15, 0.2) is 16.3 Å². The van der Waals surface area contributed by atoms with E-state index in [9.17, 15) is 9.59 Å². The van der Waals surface area contributed by atoms with Crippen molar-refractivity contribution in [1.29, 1.82) is 0 Å². The van der Waals surface area contributed by atoms with Gasteiger partial charge in [0.2, 0.25) is 0 Å². The van der Waals surface area contributed by atoms with Gasteiger partial charge < -0.3 is 14.2 Å². The van der Waals surface area contributed by atoms with Crippen molar-refractivity contribution in [3.05, 3.63) is 84.8 Å². The van der Waals surface area contributed by atoms with E-state index in [4.69, 9.17) is 14.2 Å². The van der Waals surface area contributed by atoms with Crippen LogP contribution < -0.4 is 24.4 Å². The molecule has 1 unspecified atom stereocenters. The summed E-state index contributed by atoms with van der Waals surface area (Å²) in [4.78, 5) is 36.1. The molecule has 9 heteroatoms. The number of para-hydroxylation sites is 1. The Balaban J connectivity index is 2.01. The fraction of sp³-hybridized carbons (Fsp3) is 0.308. The van der Waals surface area contributed by atoms with Crippen molar-refractivity contribution in [1.82, 2.24) is 9.55 Å². The zero-order valence-electron chi connectivity index (χ0n) is 20.1. The number of rotatable bonds is 8. The van der Waals surface area contributed by atoms with Gasteiger partial charge in [-0.2, -0.15) is 0 Å². The number of benzene rings is 1. The Labute approximate surface area is 206 Å². The average Bonchev–Trinajstić information content (AvgIpc) is 3.16.